The van der Waals surface area contributed by atoms with Crippen molar-refractivity contribution >= 4 is 23.2 Å². The maximum absolute atomic E-state index is 13.6. The van der Waals surface area contributed by atoms with Crippen molar-refractivity contribution in [3.63, 3.8) is 0 Å². The summed E-state index contributed by atoms with van der Waals surface area (Å²) in [6.07, 6.45) is -4.90. The third kappa shape index (κ3) is 3.48. The van der Waals surface area contributed by atoms with E-state index in [0.717, 1.165) is 13.8 Å². The second-order valence-corrected chi connectivity index (χ2v) is 5.58. The Morgan fingerprint density at radius 1 is 1.19 bits per heavy atom. The zero-order valence-corrected chi connectivity index (χ0v) is 13.7. The highest BCUT2D eigenvalue weighted by atomic mass is 35.5. The first kappa shape index (κ1) is 20.0. The van der Waals surface area contributed by atoms with Crippen LogP contribution in [-0.4, -0.2) is 15.7 Å². The minimum atomic E-state index is -4.90. The minimum absolute atomic E-state index is 0.0587. The third-order valence-electron chi connectivity index (χ3n) is 3.45. The highest BCUT2D eigenvalue weighted by Crippen LogP contribution is 2.36. The van der Waals surface area contributed by atoms with Crippen LogP contribution in [0.4, 0.5) is 36.4 Å². The summed E-state index contributed by atoms with van der Waals surface area (Å²) in [7, 11) is 0. The smallest absolute Gasteiger partial charge is 0.319 e. The van der Waals surface area contributed by atoms with Crippen LogP contribution in [0.1, 0.15) is 24.4 Å². The summed E-state index contributed by atoms with van der Waals surface area (Å²) in [5, 5.41) is 4.03. The van der Waals surface area contributed by atoms with Crippen LogP contribution in [0.3, 0.4) is 0 Å². The first-order valence-corrected chi connectivity index (χ1v) is 7.19. The Balaban J connectivity index is 2.38. The molecule has 1 aromatic heterocycles. The van der Waals surface area contributed by atoms with E-state index >= 15 is 0 Å². The fourth-order valence-corrected chi connectivity index (χ4v) is 2.31. The monoisotopic (exact) mass is 403 g/mol. The molecule has 1 N–H and O–H groups in total. The van der Waals surface area contributed by atoms with E-state index < -0.39 is 57.8 Å². The molecule has 0 saturated carbocycles. The van der Waals surface area contributed by atoms with E-state index in [1.165, 1.54) is 0 Å². The number of carbonyl (C=O) groups is 1. The quantitative estimate of drug-likeness (QED) is 0.600. The van der Waals surface area contributed by atoms with Gasteiger partial charge in [-0.25, -0.2) is 17.6 Å². The van der Waals surface area contributed by atoms with Gasteiger partial charge in [0, 0.05) is 6.07 Å². The van der Waals surface area contributed by atoms with Crippen LogP contribution in [0.2, 0.25) is 5.02 Å². The van der Waals surface area contributed by atoms with Crippen molar-refractivity contribution in [2.45, 2.75) is 26.1 Å². The molecule has 1 atom stereocenters. The van der Waals surface area contributed by atoms with Gasteiger partial charge in [0.2, 0.25) is 5.91 Å². The molecule has 0 spiro atoms. The number of nitrogens with zero attached hydrogens (tertiary/aromatic N) is 2. The van der Waals surface area contributed by atoms with Gasteiger partial charge in [0.1, 0.15) is 11.7 Å². The van der Waals surface area contributed by atoms with Crippen LogP contribution in [0.5, 0.6) is 0 Å². The number of nitrogens with one attached hydrogen (secondary N) is 1. The van der Waals surface area contributed by atoms with Crippen molar-refractivity contribution in [3.05, 3.63) is 45.7 Å². The van der Waals surface area contributed by atoms with Crippen LogP contribution < -0.4 is 5.32 Å². The zero-order valence-electron chi connectivity index (χ0n) is 13.0. The molecule has 1 amide bonds. The maximum atomic E-state index is 13.6. The first-order valence-electron chi connectivity index (χ1n) is 6.81. The number of anilines is 1. The Labute approximate surface area is 146 Å². The second-order valence-electron chi connectivity index (χ2n) is 5.20. The number of halogens is 8. The van der Waals surface area contributed by atoms with Gasteiger partial charge in [-0.1, -0.05) is 11.6 Å². The summed E-state index contributed by atoms with van der Waals surface area (Å²) in [5.41, 5.74) is -3.11. The molecule has 0 aliphatic heterocycles. The van der Waals surface area contributed by atoms with Crippen LogP contribution in [0.25, 0.3) is 0 Å². The fourth-order valence-electron chi connectivity index (χ4n) is 2.08. The summed E-state index contributed by atoms with van der Waals surface area (Å²) in [4.78, 5) is 12.1. The maximum Gasteiger partial charge on any atom is 0.436 e. The topological polar surface area (TPSA) is 46.9 Å². The molecule has 142 valence electrons. The Kier molecular flexibility index (Phi) is 5.22. The lowest BCUT2D eigenvalue weighted by atomic mass is 10.2. The molecule has 4 nitrogen and oxygen atoms in total. The summed E-state index contributed by atoms with van der Waals surface area (Å²) >= 11 is 5.55. The van der Waals surface area contributed by atoms with Crippen LogP contribution in [0, 0.1) is 30.2 Å². The minimum Gasteiger partial charge on any atom is -0.319 e. The van der Waals surface area contributed by atoms with Gasteiger partial charge in [-0.2, -0.15) is 18.3 Å². The van der Waals surface area contributed by atoms with Gasteiger partial charge in [0.05, 0.1) is 10.7 Å². The van der Waals surface area contributed by atoms with Crippen molar-refractivity contribution in [2.75, 3.05) is 5.32 Å². The Hall–Kier alpha value is -2.30. The van der Waals surface area contributed by atoms with Crippen molar-refractivity contribution < 1.29 is 35.5 Å². The Morgan fingerprint density at radius 3 is 2.12 bits per heavy atom. The van der Waals surface area contributed by atoms with Gasteiger partial charge in [-0.15, -0.1) is 0 Å². The van der Waals surface area contributed by atoms with Crippen molar-refractivity contribution in [2.24, 2.45) is 0 Å². The van der Waals surface area contributed by atoms with Crippen molar-refractivity contribution in [1.82, 2.24) is 9.78 Å². The largest absolute Gasteiger partial charge is 0.436 e. The number of carbonyl (C=O) groups excluding carboxylic acids is 1. The lowest BCUT2D eigenvalue weighted by Gasteiger charge is -2.15. The number of aromatic nitrogens is 2. The molecule has 0 radical (unpaired) electrons. The molecule has 26 heavy (non-hydrogen) atoms. The predicted octanol–water partition coefficient (Wildman–Crippen LogP) is 4.62. The van der Waals surface area contributed by atoms with Crippen LogP contribution >= 0.6 is 11.6 Å². The first-order chi connectivity index (χ1) is 11.9. The van der Waals surface area contributed by atoms with Crippen LogP contribution in [0.15, 0.2) is 6.07 Å². The number of alkyl halides is 3. The van der Waals surface area contributed by atoms with Gasteiger partial charge < -0.3 is 5.32 Å². The van der Waals surface area contributed by atoms with E-state index in [1.54, 1.807) is 5.32 Å². The van der Waals surface area contributed by atoms with Gasteiger partial charge >= 0.3 is 6.18 Å². The molecule has 0 bridgehead atoms. The summed E-state index contributed by atoms with van der Waals surface area (Å²) in [6.45, 7) is 2.19. The molecular formula is C14H9ClF7N3O. The van der Waals surface area contributed by atoms with E-state index in [2.05, 4.69) is 5.10 Å². The molecule has 12 heteroatoms. The number of benzene rings is 1. The molecular weight excluding hydrogens is 395 g/mol. The van der Waals surface area contributed by atoms with E-state index in [-0.39, 0.29) is 11.8 Å². The van der Waals surface area contributed by atoms with Crippen molar-refractivity contribution in [1.29, 1.82) is 0 Å². The molecule has 1 unspecified atom stereocenters. The number of hydrogen-bond donors (Lipinski definition) is 1. The summed E-state index contributed by atoms with van der Waals surface area (Å²) in [6, 6.07) is -1.59. The van der Waals surface area contributed by atoms with E-state index in [0.29, 0.717) is 4.68 Å². The van der Waals surface area contributed by atoms with Crippen molar-refractivity contribution in [3.8, 4) is 0 Å². The number of hydrogen-bond acceptors (Lipinski definition) is 2. The fraction of sp³-hybridized carbons (Fsp3) is 0.286. The molecule has 2 aromatic rings. The molecule has 1 aromatic carbocycles. The lowest BCUT2D eigenvalue weighted by molar-refractivity contribution is -0.141. The van der Waals surface area contributed by atoms with E-state index in [9.17, 15) is 35.5 Å². The highest BCUT2D eigenvalue weighted by Gasteiger charge is 2.39. The normalized spacial score (nSPS) is 13.0. The van der Waals surface area contributed by atoms with Gasteiger partial charge in [0.15, 0.2) is 29.0 Å². The molecule has 0 aliphatic rings. The van der Waals surface area contributed by atoms with E-state index in [1.807, 2.05) is 0 Å². The predicted molar refractivity (Wildman–Crippen MR) is 76.6 cm³/mol. The third-order valence-corrected chi connectivity index (χ3v) is 3.90. The average molecular weight is 404 g/mol. The SMILES string of the molecule is Cc1c(Cl)c(C(F)(F)F)nn1C(C)C(=O)Nc1c(F)c(F)cc(F)c1F. The molecule has 0 saturated heterocycles. The van der Waals surface area contributed by atoms with Gasteiger partial charge in [-0.3, -0.25) is 9.48 Å². The molecule has 1 heterocycles. The Bertz CT molecular complexity index is 852. The molecule has 2 rings (SSSR count). The second kappa shape index (κ2) is 6.78. The Morgan fingerprint density at radius 2 is 1.69 bits per heavy atom. The lowest BCUT2D eigenvalue weighted by Crippen LogP contribution is -2.27. The highest BCUT2D eigenvalue weighted by molar-refractivity contribution is 6.32. The van der Waals surface area contributed by atoms with Crippen LogP contribution in [-0.2, 0) is 11.0 Å². The van der Waals surface area contributed by atoms with Gasteiger partial charge in [-0.05, 0) is 13.8 Å². The number of rotatable bonds is 3. The van der Waals surface area contributed by atoms with E-state index in [4.69, 9.17) is 11.6 Å². The summed E-state index contributed by atoms with van der Waals surface area (Å²) in [5.74, 6) is -8.52. The average Bonchev–Trinajstić information content (AvgIpc) is 2.84. The summed E-state index contributed by atoms with van der Waals surface area (Å²) < 4.78 is 92.5. The molecule has 0 fully saturated rings. The van der Waals surface area contributed by atoms with Gasteiger partial charge in [0.25, 0.3) is 0 Å². The standard InChI is InChI=1S/C14H9ClF7N3O/c1-4-8(15)12(14(20,21)22)24-25(4)5(2)13(26)23-11-9(18)6(16)3-7(17)10(11)19/h3,5H,1-2H3,(H,23,26). The number of amides is 1. The molecule has 0 aliphatic carbocycles. The zero-order chi connectivity index (χ0) is 20.0.